The predicted molar refractivity (Wildman–Crippen MR) is 113 cm³/mol. The Morgan fingerprint density at radius 2 is 1.74 bits per heavy atom. The molecule has 0 aromatic heterocycles. The van der Waals surface area contributed by atoms with Gasteiger partial charge in [0, 0.05) is 62.1 Å². The molecule has 1 aliphatic rings. The fraction of sp³-hybridized carbons (Fsp3) is 0.381. The van der Waals surface area contributed by atoms with Crippen LogP contribution in [0.5, 0.6) is 0 Å². The lowest BCUT2D eigenvalue weighted by Crippen LogP contribution is -2.44. The second-order valence-electron chi connectivity index (χ2n) is 6.88. The van der Waals surface area contributed by atoms with Gasteiger partial charge in [-0.2, -0.15) is 0 Å². The lowest BCUT2D eigenvalue weighted by Gasteiger charge is -2.34. The Morgan fingerprint density at radius 1 is 1.04 bits per heavy atom. The summed E-state index contributed by atoms with van der Waals surface area (Å²) >= 11 is 6.10. The monoisotopic (exact) mass is 386 g/mol. The summed E-state index contributed by atoms with van der Waals surface area (Å²) < 4.78 is 0. The fourth-order valence-electron chi connectivity index (χ4n) is 3.10. The standard InChI is InChI=1S/C21H27ClN4O/c1-25-12-14-26(15-13-25)19-8-6-18(7-9-19)23-11-10-21(27)24-16-17-4-2-3-5-20(17)22/h2-9,23H,10-16H2,1H3,(H,24,27). The summed E-state index contributed by atoms with van der Waals surface area (Å²) in [5, 5.41) is 6.89. The molecule has 3 rings (SSSR count). The number of hydrogen-bond acceptors (Lipinski definition) is 4. The zero-order chi connectivity index (χ0) is 19.1. The van der Waals surface area contributed by atoms with Crippen LogP contribution < -0.4 is 15.5 Å². The van der Waals surface area contributed by atoms with E-state index < -0.39 is 0 Å². The highest BCUT2D eigenvalue weighted by atomic mass is 35.5. The number of rotatable bonds is 7. The number of carbonyl (C=O) groups excluding carboxylic acids is 1. The number of piperazine rings is 1. The summed E-state index contributed by atoms with van der Waals surface area (Å²) in [7, 11) is 2.16. The molecule has 1 saturated heterocycles. The molecule has 0 bridgehead atoms. The van der Waals surface area contributed by atoms with Crippen LogP contribution in [0.4, 0.5) is 11.4 Å². The minimum Gasteiger partial charge on any atom is -0.385 e. The number of likely N-dealkylation sites (N-methyl/N-ethyl adjacent to an activating group) is 1. The Balaban J connectivity index is 1.38. The predicted octanol–water partition coefficient (Wildman–Crippen LogP) is 3.21. The van der Waals surface area contributed by atoms with Gasteiger partial charge in [0.1, 0.15) is 0 Å². The number of anilines is 2. The molecule has 5 nitrogen and oxygen atoms in total. The van der Waals surface area contributed by atoms with E-state index in [4.69, 9.17) is 11.6 Å². The maximum Gasteiger partial charge on any atom is 0.222 e. The second-order valence-corrected chi connectivity index (χ2v) is 7.29. The largest absolute Gasteiger partial charge is 0.385 e. The number of hydrogen-bond donors (Lipinski definition) is 2. The lowest BCUT2D eigenvalue weighted by molar-refractivity contribution is -0.121. The average molecular weight is 387 g/mol. The Hall–Kier alpha value is -2.24. The van der Waals surface area contributed by atoms with Crippen LogP contribution in [-0.4, -0.2) is 50.6 Å². The molecule has 27 heavy (non-hydrogen) atoms. The second kappa shape index (κ2) is 9.62. The van der Waals surface area contributed by atoms with Crippen LogP contribution in [-0.2, 0) is 11.3 Å². The van der Waals surface area contributed by atoms with Crippen LogP contribution in [0.15, 0.2) is 48.5 Å². The number of nitrogens with zero attached hydrogens (tertiary/aromatic N) is 2. The van der Waals surface area contributed by atoms with E-state index in [1.165, 1.54) is 5.69 Å². The number of amides is 1. The van der Waals surface area contributed by atoms with Gasteiger partial charge < -0.3 is 20.4 Å². The van der Waals surface area contributed by atoms with Crippen LogP contribution in [0, 0.1) is 0 Å². The normalized spacial score (nSPS) is 14.8. The smallest absolute Gasteiger partial charge is 0.222 e. The van der Waals surface area contributed by atoms with E-state index in [1.807, 2.05) is 24.3 Å². The molecule has 1 amide bonds. The van der Waals surface area contributed by atoms with Crippen molar-refractivity contribution in [1.82, 2.24) is 10.2 Å². The number of carbonyl (C=O) groups is 1. The highest BCUT2D eigenvalue weighted by Crippen LogP contribution is 2.19. The van der Waals surface area contributed by atoms with Crippen LogP contribution in [0.25, 0.3) is 0 Å². The van der Waals surface area contributed by atoms with Gasteiger partial charge in [0.2, 0.25) is 5.91 Å². The minimum atomic E-state index is 0.0106. The minimum absolute atomic E-state index is 0.0106. The van der Waals surface area contributed by atoms with Crippen LogP contribution in [0.3, 0.4) is 0 Å². The zero-order valence-corrected chi connectivity index (χ0v) is 16.5. The van der Waals surface area contributed by atoms with Crippen molar-refractivity contribution >= 4 is 28.9 Å². The third-order valence-corrected chi connectivity index (χ3v) is 5.22. The van der Waals surface area contributed by atoms with Gasteiger partial charge in [-0.1, -0.05) is 29.8 Å². The van der Waals surface area contributed by atoms with Crippen LogP contribution >= 0.6 is 11.6 Å². The van der Waals surface area contributed by atoms with E-state index in [2.05, 4.69) is 51.7 Å². The molecular weight excluding hydrogens is 360 g/mol. The molecule has 0 spiro atoms. The molecule has 1 fully saturated rings. The lowest BCUT2D eigenvalue weighted by atomic mass is 10.2. The van der Waals surface area contributed by atoms with E-state index in [9.17, 15) is 4.79 Å². The number of halogens is 1. The molecule has 0 saturated carbocycles. The van der Waals surface area contributed by atoms with Crippen LogP contribution in [0.2, 0.25) is 5.02 Å². The first-order chi connectivity index (χ1) is 13.1. The molecular formula is C21H27ClN4O. The maximum atomic E-state index is 12.0. The van der Waals surface area contributed by atoms with Gasteiger partial charge in [-0.3, -0.25) is 4.79 Å². The molecule has 2 aromatic carbocycles. The highest BCUT2D eigenvalue weighted by Gasteiger charge is 2.13. The summed E-state index contributed by atoms with van der Waals surface area (Å²) in [6.45, 7) is 5.39. The Labute approximate surface area is 166 Å². The Morgan fingerprint density at radius 3 is 2.44 bits per heavy atom. The zero-order valence-electron chi connectivity index (χ0n) is 15.7. The van der Waals surface area contributed by atoms with Gasteiger partial charge >= 0.3 is 0 Å². The van der Waals surface area contributed by atoms with Crippen molar-refractivity contribution in [2.24, 2.45) is 0 Å². The van der Waals surface area contributed by atoms with Crippen molar-refractivity contribution in [1.29, 1.82) is 0 Å². The molecule has 2 N–H and O–H groups in total. The topological polar surface area (TPSA) is 47.6 Å². The van der Waals surface area contributed by atoms with Crippen molar-refractivity contribution < 1.29 is 4.79 Å². The van der Waals surface area contributed by atoms with Gasteiger partial charge in [-0.25, -0.2) is 0 Å². The number of nitrogens with one attached hydrogen (secondary N) is 2. The maximum absolute atomic E-state index is 12.0. The van der Waals surface area contributed by atoms with E-state index in [0.29, 0.717) is 24.5 Å². The molecule has 1 heterocycles. The van der Waals surface area contributed by atoms with Crippen molar-refractivity contribution in [3.8, 4) is 0 Å². The molecule has 0 unspecified atom stereocenters. The van der Waals surface area contributed by atoms with E-state index in [-0.39, 0.29) is 5.91 Å². The first kappa shape index (κ1) is 19.5. The van der Waals surface area contributed by atoms with Gasteiger partial charge in [0.25, 0.3) is 0 Å². The highest BCUT2D eigenvalue weighted by molar-refractivity contribution is 6.31. The SMILES string of the molecule is CN1CCN(c2ccc(NCCC(=O)NCc3ccccc3Cl)cc2)CC1. The van der Waals surface area contributed by atoms with Crippen LogP contribution in [0.1, 0.15) is 12.0 Å². The van der Waals surface area contributed by atoms with Crippen molar-refractivity contribution in [2.75, 3.05) is 50.0 Å². The molecule has 2 aromatic rings. The summed E-state index contributed by atoms with van der Waals surface area (Å²) in [6.07, 6.45) is 0.421. The third kappa shape index (κ3) is 5.88. The first-order valence-electron chi connectivity index (χ1n) is 9.39. The fourth-order valence-corrected chi connectivity index (χ4v) is 3.30. The first-order valence-corrected chi connectivity index (χ1v) is 9.77. The summed E-state index contributed by atoms with van der Waals surface area (Å²) in [5.74, 6) is 0.0106. The summed E-state index contributed by atoms with van der Waals surface area (Å²) in [4.78, 5) is 16.8. The number of benzene rings is 2. The van der Waals surface area contributed by atoms with Gasteiger partial charge in [-0.15, -0.1) is 0 Å². The molecule has 0 radical (unpaired) electrons. The average Bonchev–Trinajstić information content (AvgIpc) is 2.69. The van der Waals surface area contributed by atoms with Gasteiger partial charge in [0.15, 0.2) is 0 Å². The molecule has 0 aliphatic carbocycles. The van der Waals surface area contributed by atoms with Crippen molar-refractivity contribution in [3.63, 3.8) is 0 Å². The molecule has 1 aliphatic heterocycles. The quantitative estimate of drug-likeness (QED) is 0.767. The summed E-state index contributed by atoms with van der Waals surface area (Å²) in [6, 6.07) is 16.0. The Kier molecular flexibility index (Phi) is 6.96. The van der Waals surface area contributed by atoms with E-state index in [0.717, 1.165) is 37.4 Å². The Bertz CT molecular complexity index is 742. The molecule has 144 valence electrons. The van der Waals surface area contributed by atoms with Gasteiger partial charge in [-0.05, 0) is 42.9 Å². The third-order valence-electron chi connectivity index (χ3n) is 4.85. The van der Waals surface area contributed by atoms with Gasteiger partial charge in [0.05, 0.1) is 0 Å². The molecule has 6 heteroatoms. The van der Waals surface area contributed by atoms with E-state index in [1.54, 1.807) is 0 Å². The van der Waals surface area contributed by atoms with Crippen molar-refractivity contribution in [3.05, 3.63) is 59.1 Å². The van der Waals surface area contributed by atoms with E-state index >= 15 is 0 Å². The van der Waals surface area contributed by atoms with Crippen molar-refractivity contribution in [2.45, 2.75) is 13.0 Å². The molecule has 0 atom stereocenters. The summed E-state index contributed by atoms with van der Waals surface area (Å²) in [5.41, 5.74) is 3.22.